The van der Waals surface area contributed by atoms with Gasteiger partial charge in [0.25, 0.3) is 0 Å². The van der Waals surface area contributed by atoms with Crippen molar-refractivity contribution in [3.63, 3.8) is 0 Å². The van der Waals surface area contributed by atoms with Crippen LogP contribution in [0, 0.1) is 0 Å². The van der Waals surface area contributed by atoms with Crippen molar-refractivity contribution in [2.75, 3.05) is 4.90 Å². The number of hydrogen-bond acceptors (Lipinski definition) is 1. The fraction of sp³-hybridized carbons (Fsp3) is 0.0250. The van der Waals surface area contributed by atoms with Crippen LogP contribution in [0.15, 0.2) is 334 Å². The molecule has 1 aliphatic heterocycles. The van der Waals surface area contributed by atoms with Gasteiger partial charge < -0.3 is 4.90 Å². The summed E-state index contributed by atoms with van der Waals surface area (Å²) in [5.41, 5.74) is 22.4. The van der Waals surface area contributed by atoms with Gasteiger partial charge in [0.2, 0.25) is 0 Å². The Kier molecular flexibility index (Phi) is 11.1. The zero-order valence-corrected chi connectivity index (χ0v) is 46.2. The van der Waals surface area contributed by atoms with E-state index in [0.717, 1.165) is 17.1 Å². The Morgan fingerprint density at radius 2 is 0.622 bits per heavy atom. The first-order valence-corrected chi connectivity index (χ1v) is 30.7. The normalized spacial score (nSPS) is 15.3. The van der Waals surface area contributed by atoms with Crippen molar-refractivity contribution in [2.24, 2.45) is 0 Å². The molecule has 13 aromatic carbocycles. The van der Waals surface area contributed by atoms with Crippen LogP contribution in [-0.2, 0) is 10.8 Å². The van der Waals surface area contributed by atoms with Gasteiger partial charge in [-0.2, -0.15) is 0 Å². The molecule has 0 saturated carbocycles. The van der Waals surface area contributed by atoms with Crippen molar-refractivity contribution in [3.8, 4) is 44.5 Å². The number of fused-ring (bicyclic) bond motifs is 9. The van der Waals surface area contributed by atoms with Crippen LogP contribution >= 0.6 is 0 Å². The molecule has 0 N–H and O–H groups in total. The predicted molar refractivity (Wildman–Crippen MR) is 344 cm³/mol. The third kappa shape index (κ3) is 6.79. The summed E-state index contributed by atoms with van der Waals surface area (Å²) in [7, 11) is -3.10. The van der Waals surface area contributed by atoms with E-state index in [0.29, 0.717) is 0 Å². The average Bonchev–Trinajstić information content (AvgIpc) is 4.29. The Hall–Kier alpha value is -10.1. The molecule has 1 atom stereocenters. The first-order chi connectivity index (χ1) is 40.7. The molecule has 0 amide bonds. The highest BCUT2D eigenvalue weighted by Gasteiger charge is 2.51. The molecule has 0 spiro atoms. The third-order valence-electron chi connectivity index (χ3n) is 18.3. The number of rotatable bonds is 10. The highest BCUT2D eigenvalue weighted by molar-refractivity contribution is 7.22. The van der Waals surface area contributed by atoms with E-state index < -0.39 is 18.9 Å². The van der Waals surface area contributed by atoms with E-state index in [9.17, 15) is 0 Å². The third-order valence-corrected chi connectivity index (χ3v) is 23.2. The molecule has 0 saturated heterocycles. The number of benzene rings is 13. The molecule has 1 unspecified atom stereocenters. The van der Waals surface area contributed by atoms with Crippen LogP contribution in [0.5, 0.6) is 0 Å². The Morgan fingerprint density at radius 1 is 0.232 bits per heavy atom. The molecule has 0 bridgehead atoms. The molecule has 2 heteroatoms. The van der Waals surface area contributed by atoms with Gasteiger partial charge in [-0.3, -0.25) is 0 Å². The second kappa shape index (κ2) is 19.0. The molecular formula is C80H55NSi. The van der Waals surface area contributed by atoms with E-state index in [1.165, 1.54) is 110 Å². The van der Waals surface area contributed by atoms with Crippen molar-refractivity contribution in [2.45, 2.75) is 10.8 Å². The summed E-state index contributed by atoms with van der Waals surface area (Å²) in [5, 5.41) is 5.56. The minimum absolute atomic E-state index is 0.593. The minimum Gasteiger partial charge on any atom is -0.310 e. The van der Waals surface area contributed by atoms with Crippen LogP contribution in [0.4, 0.5) is 17.1 Å². The topological polar surface area (TPSA) is 3.24 Å². The molecule has 3 aliphatic rings. The average molecular weight is 1060 g/mol. The first-order valence-electron chi connectivity index (χ1n) is 28.7. The zero-order valence-electron chi connectivity index (χ0n) is 45.2. The fourth-order valence-electron chi connectivity index (χ4n) is 15.2. The lowest BCUT2D eigenvalue weighted by Gasteiger charge is -2.37. The molecule has 82 heavy (non-hydrogen) atoms. The molecular weight excluding hydrogens is 1000 g/mol. The molecule has 0 radical (unpaired) electrons. The van der Waals surface area contributed by atoms with Gasteiger partial charge in [-0.1, -0.05) is 297 Å². The van der Waals surface area contributed by atoms with Crippen LogP contribution in [-0.4, -0.2) is 8.07 Å². The highest BCUT2D eigenvalue weighted by Crippen LogP contribution is 2.59. The Balaban J connectivity index is 0.996. The Bertz CT molecular complexity index is 4490. The number of anilines is 3. The molecule has 0 fully saturated rings. The molecule has 16 rings (SSSR count). The standard InChI is InChI=1S/C80H55NSi/c1-6-27-56(28-7-1)66-45-26-46-72-71-44-19-23-50-77(71)82(78(66)72,64-38-14-5-15-39-64)65-40-25-37-62(54-65)81(61-36-24-35-60(53-61)80(59-33-12-4-13-34-59)74-48-21-16-41-67(74)68-42-17-22-49-75(68)80)63-51-52-70-69-43-18-20-47-73(69)79(76(70)55-63,57-29-8-2-9-30-57)58-31-10-3-11-32-58/h1-55H. The van der Waals surface area contributed by atoms with Crippen molar-refractivity contribution in [1.29, 1.82) is 0 Å². The van der Waals surface area contributed by atoms with E-state index in [-0.39, 0.29) is 0 Å². The van der Waals surface area contributed by atoms with Gasteiger partial charge in [0.1, 0.15) is 0 Å². The summed E-state index contributed by atoms with van der Waals surface area (Å²) < 4.78 is 0. The van der Waals surface area contributed by atoms with Gasteiger partial charge >= 0.3 is 0 Å². The van der Waals surface area contributed by atoms with E-state index in [2.05, 4.69) is 339 Å². The van der Waals surface area contributed by atoms with Crippen LogP contribution < -0.4 is 25.6 Å². The SMILES string of the molecule is c1ccc(-c2cccc3c2[Si](c2ccccc2)(c2cccc(N(c4cccc(C5(c6ccccc6)c6ccccc6-c6ccccc65)c4)c4ccc5c(c4)C(c4ccccc4)(c4ccccc4)c4ccccc4-5)c2)c2ccccc2-3)cc1. The van der Waals surface area contributed by atoms with Gasteiger partial charge in [0.15, 0.2) is 8.07 Å². The number of nitrogens with zero attached hydrogens (tertiary/aromatic N) is 1. The summed E-state index contributed by atoms with van der Waals surface area (Å²) >= 11 is 0. The largest absolute Gasteiger partial charge is 0.310 e. The van der Waals surface area contributed by atoms with Crippen LogP contribution in [0.1, 0.15) is 44.5 Å². The van der Waals surface area contributed by atoms with E-state index in [1.807, 2.05) is 0 Å². The Morgan fingerprint density at radius 3 is 1.21 bits per heavy atom. The van der Waals surface area contributed by atoms with Gasteiger partial charge in [-0.15, -0.1) is 0 Å². The maximum absolute atomic E-state index is 3.10. The monoisotopic (exact) mass is 1060 g/mol. The van der Waals surface area contributed by atoms with Gasteiger partial charge in [-0.25, -0.2) is 0 Å². The lowest BCUT2D eigenvalue weighted by Crippen LogP contribution is -2.73. The first kappa shape index (κ1) is 47.8. The van der Waals surface area contributed by atoms with Gasteiger partial charge in [0, 0.05) is 17.1 Å². The summed E-state index contributed by atoms with van der Waals surface area (Å²) in [5.74, 6) is 0. The van der Waals surface area contributed by atoms with Crippen LogP contribution in [0.3, 0.4) is 0 Å². The van der Waals surface area contributed by atoms with Crippen LogP contribution in [0.25, 0.3) is 44.5 Å². The highest BCUT2D eigenvalue weighted by atomic mass is 28.3. The minimum atomic E-state index is -3.10. The van der Waals surface area contributed by atoms with E-state index in [4.69, 9.17) is 0 Å². The van der Waals surface area contributed by atoms with Crippen LogP contribution in [0.2, 0.25) is 0 Å². The van der Waals surface area contributed by atoms with E-state index in [1.54, 1.807) is 0 Å². The molecule has 1 heterocycles. The summed E-state index contributed by atoms with van der Waals surface area (Å²) in [6, 6.07) is 126. The van der Waals surface area contributed by atoms with Crippen molar-refractivity contribution >= 4 is 45.9 Å². The molecule has 13 aromatic rings. The molecule has 384 valence electrons. The Labute approximate surface area is 481 Å². The maximum Gasteiger partial charge on any atom is 0.181 e. The second-order valence-corrected chi connectivity index (χ2v) is 25.8. The van der Waals surface area contributed by atoms with Gasteiger partial charge in [0.05, 0.1) is 10.8 Å². The van der Waals surface area contributed by atoms with Crippen molar-refractivity contribution in [1.82, 2.24) is 0 Å². The second-order valence-electron chi connectivity index (χ2n) is 22.2. The van der Waals surface area contributed by atoms with Crippen molar-refractivity contribution in [3.05, 3.63) is 378 Å². The van der Waals surface area contributed by atoms with Gasteiger partial charge in [-0.05, 0) is 146 Å². The summed E-state index contributed by atoms with van der Waals surface area (Å²) in [6.07, 6.45) is 0. The quantitative estimate of drug-likeness (QED) is 0.123. The summed E-state index contributed by atoms with van der Waals surface area (Å²) in [4.78, 5) is 2.57. The van der Waals surface area contributed by atoms with Crippen molar-refractivity contribution < 1.29 is 0 Å². The summed E-state index contributed by atoms with van der Waals surface area (Å²) in [6.45, 7) is 0. The smallest absolute Gasteiger partial charge is 0.181 e. The number of hydrogen-bond donors (Lipinski definition) is 0. The lowest BCUT2D eigenvalue weighted by molar-refractivity contribution is 0.767. The van der Waals surface area contributed by atoms with E-state index >= 15 is 0 Å². The molecule has 1 nitrogen and oxygen atoms in total. The fourth-order valence-corrected chi connectivity index (χ4v) is 20.6. The predicted octanol–water partition coefficient (Wildman–Crippen LogP) is 16.9. The molecule has 2 aliphatic carbocycles. The maximum atomic E-state index is 2.57. The molecule has 0 aromatic heterocycles. The lowest BCUT2D eigenvalue weighted by atomic mass is 9.67. The zero-order chi connectivity index (χ0) is 54.2.